The van der Waals surface area contributed by atoms with Crippen molar-refractivity contribution in [2.24, 2.45) is 0 Å². The number of thiazole rings is 1. The first kappa shape index (κ1) is 19.5. The number of aromatic nitrogens is 1. The summed E-state index contributed by atoms with van der Waals surface area (Å²) >= 11 is 1.16. The van der Waals surface area contributed by atoms with E-state index in [0.717, 1.165) is 11.3 Å². The number of hydrogen-bond donors (Lipinski definition) is 3. The Bertz CT molecular complexity index is 926. The molecule has 2 heterocycles. The molecule has 0 spiro atoms. The van der Waals surface area contributed by atoms with Gasteiger partial charge in [-0.15, -0.1) is 11.3 Å². The molecule has 0 radical (unpaired) electrons. The molecule has 0 fully saturated rings. The topological polar surface area (TPSA) is 126 Å². The molecular weight excluding hydrogens is 384 g/mol. The van der Waals surface area contributed by atoms with E-state index in [1.165, 1.54) is 0 Å². The third-order valence-electron chi connectivity index (χ3n) is 3.87. The second-order valence-corrected chi connectivity index (χ2v) is 6.80. The average molecular weight is 402 g/mol. The number of para-hydroxylation sites is 1. The second kappa shape index (κ2) is 8.61. The Morgan fingerprint density at radius 3 is 2.86 bits per heavy atom. The molecule has 3 N–H and O–H groups in total. The number of amides is 3. The van der Waals surface area contributed by atoms with Crippen molar-refractivity contribution in [1.29, 1.82) is 0 Å². The van der Waals surface area contributed by atoms with E-state index in [-0.39, 0.29) is 19.4 Å². The molecule has 1 atom stereocenters. The van der Waals surface area contributed by atoms with E-state index in [1.54, 1.807) is 36.6 Å². The number of fused-ring (bicyclic) bond motifs is 1. The van der Waals surface area contributed by atoms with E-state index in [4.69, 9.17) is 4.74 Å². The highest BCUT2D eigenvalue weighted by molar-refractivity contribution is 7.13. The van der Waals surface area contributed by atoms with Crippen LogP contribution >= 0.6 is 11.3 Å². The minimum atomic E-state index is -1.01. The SMILES string of the molecule is CCOC(=O)Cc1csc(NC(=O)CC2NC(=O)c3ccccc3NC2=O)n1. The highest BCUT2D eigenvalue weighted by Crippen LogP contribution is 2.20. The van der Waals surface area contributed by atoms with E-state index in [2.05, 4.69) is 20.9 Å². The molecule has 1 aromatic carbocycles. The van der Waals surface area contributed by atoms with Crippen LogP contribution in [0, 0.1) is 0 Å². The molecule has 3 amide bonds. The van der Waals surface area contributed by atoms with Gasteiger partial charge in [-0.2, -0.15) is 0 Å². The molecule has 9 nitrogen and oxygen atoms in total. The normalized spacial score (nSPS) is 15.7. The third kappa shape index (κ3) is 4.71. The number of nitrogens with one attached hydrogen (secondary N) is 3. The fourth-order valence-electron chi connectivity index (χ4n) is 2.62. The molecule has 3 rings (SSSR count). The van der Waals surface area contributed by atoms with Gasteiger partial charge >= 0.3 is 5.97 Å². The smallest absolute Gasteiger partial charge is 0.311 e. The van der Waals surface area contributed by atoms with Crippen molar-refractivity contribution in [2.45, 2.75) is 25.8 Å². The maximum Gasteiger partial charge on any atom is 0.311 e. The molecule has 1 aliphatic rings. The Kier molecular flexibility index (Phi) is 5.99. The minimum Gasteiger partial charge on any atom is -0.466 e. The lowest BCUT2D eigenvalue weighted by Crippen LogP contribution is -2.43. The van der Waals surface area contributed by atoms with Crippen molar-refractivity contribution < 1.29 is 23.9 Å². The molecule has 1 unspecified atom stereocenters. The van der Waals surface area contributed by atoms with Gasteiger partial charge in [-0.05, 0) is 19.1 Å². The predicted molar refractivity (Wildman–Crippen MR) is 102 cm³/mol. The Morgan fingerprint density at radius 1 is 1.29 bits per heavy atom. The zero-order chi connectivity index (χ0) is 20.1. The summed E-state index contributed by atoms with van der Waals surface area (Å²) in [6.45, 7) is 2.00. The van der Waals surface area contributed by atoms with E-state index in [0.29, 0.717) is 22.1 Å². The molecule has 0 bridgehead atoms. The number of rotatable bonds is 6. The van der Waals surface area contributed by atoms with Crippen LogP contribution < -0.4 is 16.0 Å². The zero-order valence-corrected chi connectivity index (χ0v) is 15.8. The molecule has 0 saturated carbocycles. The second-order valence-electron chi connectivity index (χ2n) is 5.94. The van der Waals surface area contributed by atoms with Crippen molar-refractivity contribution in [2.75, 3.05) is 17.2 Å². The number of nitrogens with zero attached hydrogens (tertiary/aromatic N) is 1. The van der Waals surface area contributed by atoms with Crippen molar-refractivity contribution in [3.8, 4) is 0 Å². The van der Waals surface area contributed by atoms with E-state index in [1.807, 2.05) is 0 Å². The first-order chi connectivity index (χ1) is 13.5. The van der Waals surface area contributed by atoms with Crippen molar-refractivity contribution >= 4 is 45.8 Å². The summed E-state index contributed by atoms with van der Waals surface area (Å²) < 4.78 is 4.85. The predicted octanol–water partition coefficient (Wildman–Crippen LogP) is 1.33. The van der Waals surface area contributed by atoms with Gasteiger partial charge in [-0.25, -0.2) is 4.98 Å². The van der Waals surface area contributed by atoms with Gasteiger partial charge in [0.05, 0.1) is 36.4 Å². The molecule has 28 heavy (non-hydrogen) atoms. The standard InChI is InChI=1S/C18H18N4O5S/c1-2-27-15(24)7-10-9-28-18(19-10)22-14(23)8-13-17(26)20-12-6-4-3-5-11(12)16(25)21-13/h3-6,9,13H,2,7-8H2,1H3,(H,20,26)(H,21,25)(H,19,22,23). The molecule has 1 aliphatic heterocycles. The monoisotopic (exact) mass is 402 g/mol. The number of esters is 1. The highest BCUT2D eigenvalue weighted by atomic mass is 32.1. The first-order valence-electron chi connectivity index (χ1n) is 8.57. The van der Waals surface area contributed by atoms with Crippen LogP contribution in [-0.4, -0.2) is 41.3 Å². The number of carbonyl (C=O) groups excluding carboxylic acids is 4. The highest BCUT2D eigenvalue weighted by Gasteiger charge is 2.29. The van der Waals surface area contributed by atoms with E-state index < -0.39 is 29.7 Å². The Morgan fingerprint density at radius 2 is 2.07 bits per heavy atom. The lowest BCUT2D eigenvalue weighted by molar-refractivity contribution is -0.142. The average Bonchev–Trinajstić information content (AvgIpc) is 3.03. The van der Waals surface area contributed by atoms with Gasteiger partial charge in [0.15, 0.2) is 5.13 Å². The Hall–Kier alpha value is -3.27. The fourth-order valence-corrected chi connectivity index (χ4v) is 3.34. The van der Waals surface area contributed by atoms with Crippen LogP contribution in [0.3, 0.4) is 0 Å². The van der Waals surface area contributed by atoms with Crippen molar-refractivity contribution in [3.05, 3.63) is 40.9 Å². The summed E-state index contributed by atoms with van der Waals surface area (Å²) in [7, 11) is 0. The number of ether oxygens (including phenoxy) is 1. The Labute approximate surface area is 164 Å². The number of hydrogen-bond acceptors (Lipinski definition) is 7. The van der Waals surface area contributed by atoms with E-state index in [9.17, 15) is 19.2 Å². The summed E-state index contributed by atoms with van der Waals surface area (Å²) in [5.74, 6) is -1.79. The maximum atomic E-state index is 12.3. The van der Waals surface area contributed by atoms with Gasteiger partial charge in [0.2, 0.25) is 11.8 Å². The van der Waals surface area contributed by atoms with Crippen molar-refractivity contribution in [1.82, 2.24) is 10.3 Å². The summed E-state index contributed by atoms with van der Waals surface area (Å²) in [4.78, 5) is 52.5. The molecule has 1 aromatic heterocycles. The number of carbonyl (C=O) groups is 4. The molecule has 0 saturated heterocycles. The molecule has 2 aromatic rings. The maximum absolute atomic E-state index is 12.3. The van der Waals surface area contributed by atoms with Crippen LogP contribution in [0.25, 0.3) is 0 Å². The van der Waals surface area contributed by atoms with Crippen LogP contribution in [0.1, 0.15) is 29.4 Å². The quantitative estimate of drug-likeness (QED) is 0.626. The third-order valence-corrected chi connectivity index (χ3v) is 4.68. The zero-order valence-electron chi connectivity index (χ0n) is 15.0. The largest absolute Gasteiger partial charge is 0.466 e. The van der Waals surface area contributed by atoms with Crippen LogP contribution in [0.4, 0.5) is 10.8 Å². The molecule has 0 aliphatic carbocycles. The molecule has 10 heteroatoms. The summed E-state index contributed by atoms with van der Waals surface area (Å²) in [6.07, 6.45) is -0.238. The van der Waals surface area contributed by atoms with Crippen LogP contribution in [-0.2, 0) is 25.5 Å². The van der Waals surface area contributed by atoms with Gasteiger partial charge in [-0.3, -0.25) is 19.2 Å². The molecular formula is C18H18N4O5S. The number of benzene rings is 1. The molecule has 146 valence electrons. The Balaban J connectivity index is 1.59. The van der Waals surface area contributed by atoms with Crippen LogP contribution in [0.2, 0.25) is 0 Å². The minimum absolute atomic E-state index is 0.0134. The summed E-state index contributed by atoms with van der Waals surface area (Å²) in [6, 6.07) is 5.59. The number of anilines is 2. The lowest BCUT2D eigenvalue weighted by Gasteiger charge is -2.13. The van der Waals surface area contributed by atoms with Crippen LogP contribution in [0.15, 0.2) is 29.6 Å². The van der Waals surface area contributed by atoms with Gasteiger partial charge in [0.1, 0.15) is 6.04 Å². The van der Waals surface area contributed by atoms with Gasteiger partial charge in [0, 0.05) is 5.38 Å². The van der Waals surface area contributed by atoms with Crippen LogP contribution in [0.5, 0.6) is 0 Å². The summed E-state index contributed by atoms with van der Waals surface area (Å²) in [5.41, 5.74) is 1.22. The van der Waals surface area contributed by atoms with Gasteiger partial charge in [0.25, 0.3) is 5.91 Å². The first-order valence-corrected chi connectivity index (χ1v) is 9.45. The van der Waals surface area contributed by atoms with Gasteiger partial charge < -0.3 is 20.7 Å². The summed E-state index contributed by atoms with van der Waals surface area (Å²) in [5, 5.41) is 9.72. The van der Waals surface area contributed by atoms with Crippen molar-refractivity contribution in [3.63, 3.8) is 0 Å². The van der Waals surface area contributed by atoms with Gasteiger partial charge in [-0.1, -0.05) is 12.1 Å². The lowest BCUT2D eigenvalue weighted by atomic mass is 10.1. The van der Waals surface area contributed by atoms with E-state index >= 15 is 0 Å². The fraction of sp³-hybridized carbons (Fsp3) is 0.278.